The van der Waals surface area contributed by atoms with Crippen molar-refractivity contribution in [2.75, 3.05) is 25.5 Å². The van der Waals surface area contributed by atoms with Crippen LogP contribution in [0.4, 0.5) is 5.69 Å². The number of rotatable bonds is 5. The lowest BCUT2D eigenvalue weighted by atomic mass is 10.2. The molecule has 0 aromatic heterocycles. The predicted molar refractivity (Wildman–Crippen MR) is 99.7 cm³/mol. The van der Waals surface area contributed by atoms with Crippen molar-refractivity contribution in [2.45, 2.75) is 6.92 Å². The molecule has 2 rings (SSSR count). The molecule has 3 nitrogen and oxygen atoms in total. The minimum absolute atomic E-state index is 0.577. The van der Waals surface area contributed by atoms with Crippen LogP contribution in [-0.2, 0) is 0 Å². The summed E-state index contributed by atoms with van der Waals surface area (Å²) >= 11 is 8.81. The molecule has 0 heterocycles. The van der Waals surface area contributed by atoms with Gasteiger partial charge in [-0.05, 0) is 61.1 Å². The van der Waals surface area contributed by atoms with Crippen molar-refractivity contribution in [3.63, 3.8) is 0 Å². The zero-order valence-corrected chi connectivity index (χ0v) is 15.1. The van der Waals surface area contributed by atoms with E-state index >= 15 is 0 Å². The van der Waals surface area contributed by atoms with Gasteiger partial charge < -0.3 is 15.0 Å². The largest absolute Gasteiger partial charge is 0.492 e. The Balaban J connectivity index is 1.77. The van der Waals surface area contributed by atoms with Gasteiger partial charge in [-0.1, -0.05) is 28.1 Å². The summed E-state index contributed by atoms with van der Waals surface area (Å²) in [4.78, 5) is 1.97. The standard InChI is InChI=1S/C17H19BrN2OS/c1-13-4-3-5-15(12-13)19-17(22)20(2)10-11-21-16-8-6-14(18)7-9-16/h3-9,12H,10-11H2,1-2H3,(H,19,22). The maximum atomic E-state index is 5.70. The molecular weight excluding hydrogens is 360 g/mol. The Kier molecular flexibility index (Phi) is 6.21. The second kappa shape index (κ2) is 8.15. The van der Waals surface area contributed by atoms with E-state index in [1.807, 2.05) is 48.3 Å². The van der Waals surface area contributed by atoms with Crippen LogP contribution in [0, 0.1) is 6.92 Å². The van der Waals surface area contributed by atoms with Gasteiger partial charge in [-0.15, -0.1) is 0 Å². The third-order valence-corrected chi connectivity index (χ3v) is 4.07. The van der Waals surface area contributed by atoms with Crippen molar-refractivity contribution in [3.05, 3.63) is 58.6 Å². The van der Waals surface area contributed by atoms with Crippen molar-refractivity contribution in [2.24, 2.45) is 0 Å². The van der Waals surface area contributed by atoms with Crippen LogP contribution in [0.25, 0.3) is 0 Å². The van der Waals surface area contributed by atoms with Gasteiger partial charge in [-0.3, -0.25) is 0 Å². The van der Waals surface area contributed by atoms with Gasteiger partial charge in [0, 0.05) is 17.2 Å². The number of ether oxygens (including phenoxy) is 1. The number of benzene rings is 2. The quantitative estimate of drug-likeness (QED) is 0.775. The lowest BCUT2D eigenvalue weighted by molar-refractivity contribution is 0.285. The van der Waals surface area contributed by atoms with Gasteiger partial charge >= 0.3 is 0 Å². The molecule has 0 aliphatic heterocycles. The molecule has 0 radical (unpaired) electrons. The number of anilines is 1. The van der Waals surface area contributed by atoms with Crippen LogP contribution in [0.15, 0.2) is 53.0 Å². The van der Waals surface area contributed by atoms with Crippen molar-refractivity contribution in [1.82, 2.24) is 4.90 Å². The average molecular weight is 379 g/mol. The van der Waals surface area contributed by atoms with Gasteiger partial charge in [0.1, 0.15) is 12.4 Å². The van der Waals surface area contributed by atoms with Gasteiger partial charge in [0.15, 0.2) is 5.11 Å². The highest BCUT2D eigenvalue weighted by Crippen LogP contribution is 2.16. The fraction of sp³-hybridized carbons (Fsp3) is 0.235. The van der Waals surface area contributed by atoms with Gasteiger partial charge in [0.2, 0.25) is 0 Å². The first kappa shape index (κ1) is 16.8. The molecule has 0 saturated carbocycles. The number of hydrogen-bond acceptors (Lipinski definition) is 2. The number of halogens is 1. The van der Waals surface area contributed by atoms with Crippen LogP contribution in [0.5, 0.6) is 5.75 Å². The Morgan fingerprint density at radius 1 is 1.23 bits per heavy atom. The normalized spacial score (nSPS) is 10.1. The molecule has 0 bridgehead atoms. The Bertz CT molecular complexity index is 631. The maximum absolute atomic E-state index is 5.70. The molecule has 22 heavy (non-hydrogen) atoms. The van der Waals surface area contributed by atoms with E-state index in [0.717, 1.165) is 15.9 Å². The van der Waals surface area contributed by atoms with Crippen LogP contribution < -0.4 is 10.1 Å². The number of thiocarbonyl (C=S) groups is 1. The van der Waals surface area contributed by atoms with E-state index in [4.69, 9.17) is 17.0 Å². The first-order chi connectivity index (χ1) is 10.5. The molecule has 0 aliphatic carbocycles. The van der Waals surface area contributed by atoms with E-state index in [9.17, 15) is 0 Å². The van der Waals surface area contributed by atoms with Crippen molar-refractivity contribution in [3.8, 4) is 5.75 Å². The topological polar surface area (TPSA) is 24.5 Å². The fourth-order valence-electron chi connectivity index (χ4n) is 1.87. The van der Waals surface area contributed by atoms with Crippen LogP contribution in [-0.4, -0.2) is 30.2 Å². The van der Waals surface area contributed by atoms with Gasteiger partial charge in [-0.25, -0.2) is 0 Å². The zero-order chi connectivity index (χ0) is 15.9. The molecule has 0 unspecified atom stereocenters. The molecular formula is C17H19BrN2OS. The summed E-state index contributed by atoms with van der Waals surface area (Å²) in [6.07, 6.45) is 0. The predicted octanol–water partition coefficient (Wildman–Crippen LogP) is 4.47. The summed E-state index contributed by atoms with van der Waals surface area (Å²) in [5, 5.41) is 3.92. The summed E-state index contributed by atoms with van der Waals surface area (Å²) in [6.45, 7) is 3.35. The molecule has 5 heteroatoms. The minimum Gasteiger partial charge on any atom is -0.492 e. The van der Waals surface area contributed by atoms with Gasteiger partial charge in [0.05, 0.1) is 6.54 Å². The van der Waals surface area contributed by atoms with Crippen LogP contribution in [0.1, 0.15) is 5.56 Å². The fourth-order valence-corrected chi connectivity index (χ4v) is 2.35. The molecule has 0 aliphatic rings. The number of nitrogens with zero attached hydrogens (tertiary/aromatic N) is 1. The molecule has 2 aromatic rings. The van der Waals surface area contributed by atoms with E-state index in [1.54, 1.807) is 0 Å². The highest BCUT2D eigenvalue weighted by atomic mass is 79.9. The summed E-state index contributed by atoms with van der Waals surface area (Å²) in [7, 11) is 1.95. The average Bonchev–Trinajstić information content (AvgIpc) is 2.49. The second-order valence-electron chi connectivity index (χ2n) is 5.02. The summed E-state index contributed by atoms with van der Waals surface area (Å²) in [5.74, 6) is 0.856. The smallest absolute Gasteiger partial charge is 0.173 e. The van der Waals surface area contributed by atoms with Gasteiger partial charge in [0.25, 0.3) is 0 Å². The Hall–Kier alpha value is -1.59. The van der Waals surface area contributed by atoms with Gasteiger partial charge in [-0.2, -0.15) is 0 Å². The SMILES string of the molecule is Cc1cccc(NC(=S)N(C)CCOc2ccc(Br)cc2)c1. The zero-order valence-electron chi connectivity index (χ0n) is 12.7. The van der Waals surface area contributed by atoms with Crippen molar-refractivity contribution >= 4 is 38.9 Å². The third-order valence-electron chi connectivity index (χ3n) is 3.13. The maximum Gasteiger partial charge on any atom is 0.173 e. The molecule has 0 spiro atoms. The van der Waals surface area contributed by atoms with E-state index in [1.165, 1.54) is 5.56 Å². The van der Waals surface area contributed by atoms with Crippen molar-refractivity contribution < 1.29 is 4.74 Å². The van der Waals surface area contributed by atoms with Crippen LogP contribution in [0.3, 0.4) is 0 Å². The Labute approximate surface area is 145 Å². The number of hydrogen-bond donors (Lipinski definition) is 1. The molecule has 116 valence electrons. The highest BCUT2D eigenvalue weighted by Gasteiger charge is 2.05. The summed E-state index contributed by atoms with van der Waals surface area (Å²) < 4.78 is 6.74. The summed E-state index contributed by atoms with van der Waals surface area (Å²) in [5.41, 5.74) is 2.21. The molecule has 0 fully saturated rings. The molecule has 0 atom stereocenters. The Morgan fingerprint density at radius 2 is 1.95 bits per heavy atom. The number of likely N-dealkylation sites (N-methyl/N-ethyl adjacent to an activating group) is 1. The number of aryl methyl sites for hydroxylation is 1. The number of nitrogens with one attached hydrogen (secondary N) is 1. The minimum atomic E-state index is 0.577. The van der Waals surface area contributed by atoms with E-state index < -0.39 is 0 Å². The third kappa shape index (κ3) is 5.31. The van der Waals surface area contributed by atoms with Crippen LogP contribution in [0.2, 0.25) is 0 Å². The molecule has 0 saturated heterocycles. The summed E-state index contributed by atoms with van der Waals surface area (Å²) in [6, 6.07) is 15.9. The molecule has 0 amide bonds. The lowest BCUT2D eigenvalue weighted by Gasteiger charge is -2.21. The highest BCUT2D eigenvalue weighted by molar-refractivity contribution is 9.10. The van der Waals surface area contributed by atoms with E-state index in [-0.39, 0.29) is 0 Å². The lowest BCUT2D eigenvalue weighted by Crippen LogP contribution is -2.34. The van der Waals surface area contributed by atoms with E-state index in [2.05, 4.69) is 40.3 Å². The van der Waals surface area contributed by atoms with Crippen molar-refractivity contribution in [1.29, 1.82) is 0 Å². The first-order valence-corrected chi connectivity index (χ1v) is 8.22. The molecule has 1 N–H and O–H groups in total. The second-order valence-corrected chi connectivity index (χ2v) is 6.33. The Morgan fingerprint density at radius 3 is 2.64 bits per heavy atom. The van der Waals surface area contributed by atoms with Crippen LogP contribution >= 0.6 is 28.1 Å². The first-order valence-electron chi connectivity index (χ1n) is 7.02. The molecule has 2 aromatic carbocycles. The van der Waals surface area contributed by atoms with E-state index in [0.29, 0.717) is 18.3 Å². The monoisotopic (exact) mass is 378 g/mol.